The lowest BCUT2D eigenvalue weighted by atomic mass is 10.3. The molecular formula is C11H9F3N2O2S. The van der Waals surface area contributed by atoms with E-state index < -0.39 is 17.8 Å². The molecule has 4 nitrogen and oxygen atoms in total. The van der Waals surface area contributed by atoms with Crippen molar-refractivity contribution in [3.63, 3.8) is 0 Å². The summed E-state index contributed by atoms with van der Waals surface area (Å²) in [6.45, 7) is 1.65. The van der Waals surface area contributed by atoms with Gasteiger partial charge in [-0.3, -0.25) is 4.68 Å². The fraction of sp³-hybridized carbons (Fsp3) is 0.273. The van der Waals surface area contributed by atoms with Crippen molar-refractivity contribution in [1.29, 1.82) is 0 Å². The van der Waals surface area contributed by atoms with Crippen LogP contribution in [0.5, 0.6) is 0 Å². The summed E-state index contributed by atoms with van der Waals surface area (Å²) in [4.78, 5) is 11.5. The fourth-order valence-corrected chi connectivity index (χ4v) is 2.36. The maximum absolute atomic E-state index is 12.5. The Labute approximate surface area is 110 Å². The van der Waals surface area contributed by atoms with E-state index in [0.717, 1.165) is 17.4 Å². The minimum Gasteiger partial charge on any atom is -0.477 e. The number of carboxylic acids is 1. The van der Waals surface area contributed by atoms with Crippen molar-refractivity contribution in [2.75, 3.05) is 0 Å². The highest BCUT2D eigenvalue weighted by Gasteiger charge is 2.34. The van der Waals surface area contributed by atoms with Crippen molar-refractivity contribution >= 4 is 17.3 Å². The number of aryl methyl sites for hydroxylation is 1. The van der Waals surface area contributed by atoms with Gasteiger partial charge in [-0.05, 0) is 25.1 Å². The first-order valence-corrected chi connectivity index (χ1v) is 6.02. The second kappa shape index (κ2) is 4.69. The number of aromatic carboxylic acids is 1. The monoisotopic (exact) mass is 290 g/mol. The maximum Gasteiger partial charge on any atom is 0.435 e. The van der Waals surface area contributed by atoms with Gasteiger partial charge in [-0.1, -0.05) is 0 Å². The van der Waals surface area contributed by atoms with Gasteiger partial charge in [0.05, 0.1) is 6.54 Å². The zero-order valence-electron chi connectivity index (χ0n) is 9.73. The van der Waals surface area contributed by atoms with Gasteiger partial charge in [0.1, 0.15) is 4.88 Å². The first-order valence-electron chi connectivity index (χ1n) is 5.21. The number of thiophene rings is 1. The molecule has 0 aliphatic heterocycles. The van der Waals surface area contributed by atoms with Gasteiger partial charge in [-0.25, -0.2) is 4.79 Å². The lowest BCUT2D eigenvalue weighted by Crippen LogP contribution is -2.08. The molecule has 0 radical (unpaired) electrons. The molecule has 2 aromatic rings. The summed E-state index contributed by atoms with van der Waals surface area (Å²) in [7, 11) is 0. The van der Waals surface area contributed by atoms with Crippen LogP contribution < -0.4 is 0 Å². The largest absolute Gasteiger partial charge is 0.477 e. The molecule has 0 spiro atoms. The average molecular weight is 290 g/mol. The van der Waals surface area contributed by atoms with Gasteiger partial charge in [0.2, 0.25) is 0 Å². The third kappa shape index (κ3) is 2.95. The number of hydrogen-bond donors (Lipinski definition) is 1. The summed E-state index contributed by atoms with van der Waals surface area (Å²) < 4.78 is 38.6. The molecule has 8 heteroatoms. The topological polar surface area (TPSA) is 55.1 Å². The minimum atomic E-state index is -4.47. The number of alkyl halides is 3. The summed E-state index contributed by atoms with van der Waals surface area (Å²) in [6.07, 6.45) is -4.47. The predicted octanol–water partition coefficient (Wildman–Crippen LogP) is 3.02. The van der Waals surface area contributed by atoms with Crippen LogP contribution in [0.15, 0.2) is 18.2 Å². The molecule has 0 aliphatic rings. The first-order chi connectivity index (χ1) is 8.77. The van der Waals surface area contributed by atoms with Crippen molar-refractivity contribution in [3.05, 3.63) is 39.3 Å². The molecule has 0 aromatic carbocycles. The van der Waals surface area contributed by atoms with Crippen LogP contribution in [0.2, 0.25) is 0 Å². The number of halogens is 3. The quantitative estimate of drug-likeness (QED) is 0.945. The SMILES string of the molecule is Cc1cc(C(F)(F)F)nn1Cc1ccc(C(=O)O)s1. The molecule has 102 valence electrons. The van der Waals surface area contributed by atoms with Crippen molar-refractivity contribution in [1.82, 2.24) is 9.78 Å². The number of carboxylic acid groups (broad SMARTS) is 1. The van der Waals surface area contributed by atoms with E-state index in [1.807, 2.05) is 0 Å². The van der Waals surface area contributed by atoms with Gasteiger partial charge < -0.3 is 5.11 Å². The number of carbonyl (C=O) groups is 1. The van der Waals surface area contributed by atoms with Gasteiger partial charge in [0, 0.05) is 10.6 Å². The lowest BCUT2D eigenvalue weighted by molar-refractivity contribution is -0.141. The molecule has 0 bridgehead atoms. The van der Waals surface area contributed by atoms with Gasteiger partial charge >= 0.3 is 12.1 Å². The van der Waals surface area contributed by atoms with Crippen LogP contribution >= 0.6 is 11.3 Å². The second-order valence-electron chi connectivity index (χ2n) is 3.90. The Kier molecular flexibility index (Phi) is 3.36. The Bertz CT molecular complexity index is 616. The van der Waals surface area contributed by atoms with Crippen LogP contribution in [-0.2, 0) is 12.7 Å². The third-order valence-corrected chi connectivity index (χ3v) is 3.51. The molecule has 0 saturated carbocycles. The van der Waals surface area contributed by atoms with E-state index in [1.54, 1.807) is 6.07 Å². The summed E-state index contributed by atoms with van der Waals surface area (Å²) in [5, 5.41) is 12.3. The molecule has 0 saturated heterocycles. The smallest absolute Gasteiger partial charge is 0.435 e. The van der Waals surface area contributed by atoms with Gasteiger partial charge in [0.15, 0.2) is 5.69 Å². The highest BCUT2D eigenvalue weighted by Crippen LogP contribution is 2.29. The fourth-order valence-electron chi connectivity index (χ4n) is 1.53. The normalized spacial score (nSPS) is 11.8. The van der Waals surface area contributed by atoms with Crippen molar-refractivity contribution in [3.8, 4) is 0 Å². The maximum atomic E-state index is 12.5. The van der Waals surface area contributed by atoms with Gasteiger partial charge in [-0.2, -0.15) is 18.3 Å². The van der Waals surface area contributed by atoms with E-state index in [2.05, 4.69) is 5.10 Å². The highest BCUT2D eigenvalue weighted by molar-refractivity contribution is 7.13. The van der Waals surface area contributed by atoms with Crippen LogP contribution in [0.25, 0.3) is 0 Å². The average Bonchev–Trinajstić information content (AvgIpc) is 2.86. The minimum absolute atomic E-state index is 0.125. The van der Waals surface area contributed by atoms with Crippen molar-refractivity contribution in [2.24, 2.45) is 0 Å². The van der Waals surface area contributed by atoms with Crippen molar-refractivity contribution < 1.29 is 23.1 Å². The molecule has 19 heavy (non-hydrogen) atoms. The molecule has 1 N–H and O–H groups in total. The van der Waals surface area contributed by atoms with E-state index >= 15 is 0 Å². The predicted molar refractivity (Wildman–Crippen MR) is 62.3 cm³/mol. The molecular weight excluding hydrogens is 281 g/mol. The number of aromatic nitrogens is 2. The molecule has 0 aliphatic carbocycles. The van der Waals surface area contributed by atoms with Crippen molar-refractivity contribution in [2.45, 2.75) is 19.6 Å². The molecule has 0 unspecified atom stereocenters. The molecule has 0 fully saturated rings. The van der Waals surface area contributed by atoms with Crippen LogP contribution in [0.4, 0.5) is 13.2 Å². The molecule has 0 atom stereocenters. The van der Waals surface area contributed by atoms with E-state index in [1.165, 1.54) is 17.7 Å². The number of hydrogen-bond acceptors (Lipinski definition) is 3. The first kappa shape index (κ1) is 13.6. The Morgan fingerprint density at radius 3 is 2.63 bits per heavy atom. The van der Waals surface area contributed by atoms with Crippen LogP contribution in [-0.4, -0.2) is 20.9 Å². The van der Waals surface area contributed by atoms with E-state index in [0.29, 0.717) is 10.6 Å². The number of nitrogens with zero attached hydrogens (tertiary/aromatic N) is 2. The van der Waals surface area contributed by atoms with Crippen LogP contribution in [0, 0.1) is 6.92 Å². The number of rotatable bonds is 3. The van der Waals surface area contributed by atoms with Crippen LogP contribution in [0.3, 0.4) is 0 Å². The Morgan fingerprint density at radius 1 is 1.47 bits per heavy atom. The zero-order chi connectivity index (χ0) is 14.2. The van der Waals surface area contributed by atoms with Gasteiger partial charge in [-0.15, -0.1) is 11.3 Å². The van der Waals surface area contributed by atoms with E-state index in [4.69, 9.17) is 5.11 Å². The van der Waals surface area contributed by atoms with E-state index in [9.17, 15) is 18.0 Å². The summed E-state index contributed by atoms with van der Waals surface area (Å²) in [5.74, 6) is -1.05. The molecule has 2 aromatic heterocycles. The molecule has 0 amide bonds. The Hall–Kier alpha value is -1.83. The van der Waals surface area contributed by atoms with E-state index in [-0.39, 0.29) is 11.4 Å². The van der Waals surface area contributed by atoms with Gasteiger partial charge in [0.25, 0.3) is 0 Å². The summed E-state index contributed by atoms with van der Waals surface area (Å²) in [5.41, 5.74) is -0.572. The molecule has 2 heterocycles. The summed E-state index contributed by atoms with van der Waals surface area (Å²) in [6, 6.07) is 3.96. The molecule has 2 rings (SSSR count). The summed E-state index contributed by atoms with van der Waals surface area (Å²) >= 11 is 1.02. The zero-order valence-corrected chi connectivity index (χ0v) is 10.5. The second-order valence-corrected chi connectivity index (χ2v) is 5.07. The standard InChI is InChI=1S/C11H9F3N2O2S/c1-6-4-9(11(12,13)14)15-16(6)5-7-2-3-8(19-7)10(17)18/h2-4H,5H2,1H3,(H,17,18). The van der Waals surface area contributed by atoms with Crippen LogP contribution in [0.1, 0.15) is 25.9 Å². The third-order valence-electron chi connectivity index (χ3n) is 2.45. The lowest BCUT2D eigenvalue weighted by Gasteiger charge is -2.02. The highest BCUT2D eigenvalue weighted by atomic mass is 32.1. The Balaban J connectivity index is 2.23. The Morgan fingerprint density at radius 2 is 2.16 bits per heavy atom.